The summed E-state index contributed by atoms with van der Waals surface area (Å²) in [6.07, 6.45) is -0.664. The molecule has 0 aliphatic heterocycles. The lowest BCUT2D eigenvalue weighted by Crippen LogP contribution is -2.53. The molecule has 4 aromatic carbocycles. The first-order valence-electron chi connectivity index (χ1n) is 14.5. The number of amides is 3. The Labute approximate surface area is 257 Å². The predicted molar refractivity (Wildman–Crippen MR) is 170 cm³/mol. The van der Waals surface area contributed by atoms with E-state index in [0.717, 1.165) is 16.3 Å². The van der Waals surface area contributed by atoms with Crippen LogP contribution in [0.5, 0.6) is 5.75 Å². The van der Waals surface area contributed by atoms with Gasteiger partial charge < -0.3 is 30.5 Å². The molecule has 9 nitrogen and oxygen atoms in total. The highest BCUT2D eigenvalue weighted by molar-refractivity contribution is 6.00. The van der Waals surface area contributed by atoms with Crippen molar-refractivity contribution in [3.8, 4) is 5.75 Å². The minimum atomic E-state index is -1.21. The Balaban J connectivity index is 1.74. The molecule has 0 heterocycles. The number of nitrogens with one attached hydrogen (secondary N) is 2. The van der Waals surface area contributed by atoms with E-state index in [1.165, 1.54) is 11.0 Å². The first kappa shape index (κ1) is 32.0. The first-order chi connectivity index (χ1) is 20.9. The molecule has 0 bridgehead atoms. The van der Waals surface area contributed by atoms with Gasteiger partial charge in [0.1, 0.15) is 23.4 Å². The molecule has 4 rings (SSSR count). The molecule has 0 aliphatic carbocycles. The van der Waals surface area contributed by atoms with Crippen LogP contribution in [-0.2, 0) is 20.7 Å². The molecule has 3 amide bonds. The van der Waals surface area contributed by atoms with Crippen molar-refractivity contribution < 1.29 is 29.3 Å². The van der Waals surface area contributed by atoms with Crippen molar-refractivity contribution in [3.05, 3.63) is 108 Å². The van der Waals surface area contributed by atoms with E-state index >= 15 is 0 Å². The highest BCUT2D eigenvalue weighted by Gasteiger charge is 2.36. The summed E-state index contributed by atoms with van der Waals surface area (Å²) < 4.78 is 5.45. The Morgan fingerprint density at radius 3 is 2.23 bits per heavy atom. The van der Waals surface area contributed by atoms with Gasteiger partial charge in [-0.15, -0.1) is 0 Å². The molecular formula is C35H39N3O6. The molecule has 0 aliphatic rings. The number of anilines is 1. The van der Waals surface area contributed by atoms with Gasteiger partial charge >= 0.3 is 6.09 Å². The molecule has 2 atom stereocenters. The molecule has 0 aromatic heterocycles. The van der Waals surface area contributed by atoms with Crippen LogP contribution in [0.3, 0.4) is 0 Å². The average Bonchev–Trinajstić information content (AvgIpc) is 2.97. The number of carbonyl (C=O) groups excluding carboxylic acids is 3. The Morgan fingerprint density at radius 1 is 0.886 bits per heavy atom. The largest absolute Gasteiger partial charge is 0.508 e. The topological polar surface area (TPSA) is 128 Å². The highest BCUT2D eigenvalue weighted by Crippen LogP contribution is 2.29. The lowest BCUT2D eigenvalue weighted by Gasteiger charge is -2.34. The van der Waals surface area contributed by atoms with Crippen LogP contribution in [0.4, 0.5) is 10.5 Å². The van der Waals surface area contributed by atoms with Crippen molar-refractivity contribution in [2.75, 3.05) is 18.5 Å². The summed E-state index contributed by atoms with van der Waals surface area (Å²) in [6.45, 7) is 6.22. The van der Waals surface area contributed by atoms with Gasteiger partial charge in [-0.2, -0.15) is 0 Å². The molecule has 44 heavy (non-hydrogen) atoms. The molecule has 2 unspecified atom stereocenters. The van der Waals surface area contributed by atoms with Crippen molar-refractivity contribution in [1.82, 2.24) is 10.2 Å². The van der Waals surface area contributed by atoms with Crippen LogP contribution in [-0.4, -0.2) is 57.8 Å². The zero-order chi connectivity index (χ0) is 31.9. The normalized spacial score (nSPS) is 12.7. The number of ether oxygens (including phenoxy) is 1. The van der Waals surface area contributed by atoms with Crippen molar-refractivity contribution in [1.29, 1.82) is 0 Å². The van der Waals surface area contributed by atoms with Crippen LogP contribution in [0.25, 0.3) is 10.8 Å². The Hall–Kier alpha value is -4.89. The zero-order valence-corrected chi connectivity index (χ0v) is 25.4. The minimum absolute atomic E-state index is 0.0380. The summed E-state index contributed by atoms with van der Waals surface area (Å²) >= 11 is 0. The van der Waals surface area contributed by atoms with Crippen LogP contribution in [0, 0.1) is 6.92 Å². The van der Waals surface area contributed by atoms with Crippen LogP contribution >= 0.6 is 0 Å². The number of aliphatic hydroxyl groups is 1. The van der Waals surface area contributed by atoms with Crippen molar-refractivity contribution in [2.45, 2.75) is 51.8 Å². The average molecular weight is 598 g/mol. The highest BCUT2D eigenvalue weighted by atomic mass is 16.6. The van der Waals surface area contributed by atoms with Gasteiger partial charge in [0.2, 0.25) is 5.91 Å². The second-order valence-electron chi connectivity index (χ2n) is 11.6. The lowest BCUT2D eigenvalue weighted by atomic mass is 9.98. The van der Waals surface area contributed by atoms with Crippen LogP contribution in [0.1, 0.15) is 43.5 Å². The molecular weight excluding hydrogens is 558 g/mol. The molecule has 230 valence electrons. The quantitative estimate of drug-likeness (QED) is 0.191. The fourth-order valence-electron chi connectivity index (χ4n) is 4.97. The monoisotopic (exact) mass is 597 g/mol. The van der Waals surface area contributed by atoms with Gasteiger partial charge in [-0.05, 0) is 79.4 Å². The SMILES string of the molecule is Cc1cc(C(C(=O)Nc2ccc3ccccc3c2)N(CCO)C(=O)C(Cc2ccccc2)NC(=O)OC(C)(C)C)ccc1O. The maximum atomic E-state index is 14.4. The smallest absolute Gasteiger partial charge is 0.408 e. The number of aromatic hydroxyl groups is 1. The third-order valence-corrected chi connectivity index (χ3v) is 7.01. The Bertz CT molecular complexity index is 1620. The van der Waals surface area contributed by atoms with Crippen LogP contribution < -0.4 is 10.6 Å². The number of hydrogen-bond donors (Lipinski definition) is 4. The third kappa shape index (κ3) is 8.35. The number of nitrogens with zero attached hydrogens (tertiary/aromatic N) is 1. The molecule has 0 saturated heterocycles. The molecule has 0 spiro atoms. The minimum Gasteiger partial charge on any atom is -0.508 e. The van der Waals surface area contributed by atoms with E-state index in [0.29, 0.717) is 16.8 Å². The fourth-order valence-corrected chi connectivity index (χ4v) is 4.97. The molecule has 0 saturated carbocycles. The maximum absolute atomic E-state index is 14.4. The molecule has 9 heteroatoms. The van der Waals surface area contributed by atoms with E-state index in [4.69, 9.17) is 4.74 Å². The number of rotatable bonds is 10. The second-order valence-corrected chi connectivity index (χ2v) is 11.6. The van der Waals surface area contributed by atoms with Gasteiger partial charge in [0.05, 0.1) is 6.61 Å². The Kier molecular flexibility index (Phi) is 10.2. The summed E-state index contributed by atoms with van der Waals surface area (Å²) in [4.78, 5) is 42.6. The van der Waals surface area contributed by atoms with E-state index in [2.05, 4.69) is 10.6 Å². The van der Waals surface area contributed by atoms with E-state index in [-0.39, 0.29) is 18.7 Å². The van der Waals surface area contributed by atoms with E-state index in [9.17, 15) is 24.6 Å². The van der Waals surface area contributed by atoms with E-state index < -0.39 is 42.2 Å². The van der Waals surface area contributed by atoms with Crippen LogP contribution in [0.15, 0.2) is 91.0 Å². The van der Waals surface area contributed by atoms with E-state index in [1.807, 2.05) is 66.7 Å². The predicted octanol–water partition coefficient (Wildman–Crippen LogP) is 5.49. The third-order valence-electron chi connectivity index (χ3n) is 7.01. The van der Waals surface area contributed by atoms with Gasteiger partial charge in [0.25, 0.3) is 5.91 Å². The number of benzene rings is 4. The van der Waals surface area contributed by atoms with E-state index in [1.54, 1.807) is 45.9 Å². The van der Waals surface area contributed by atoms with Gasteiger partial charge in [-0.3, -0.25) is 9.59 Å². The number of hydrogen-bond acceptors (Lipinski definition) is 6. The number of aryl methyl sites for hydroxylation is 1. The Morgan fingerprint density at radius 2 is 1.57 bits per heavy atom. The summed E-state index contributed by atoms with van der Waals surface area (Å²) in [6, 6.07) is 24.7. The van der Waals surface area contributed by atoms with Gasteiger partial charge in [-0.1, -0.05) is 66.7 Å². The second kappa shape index (κ2) is 14.1. The first-order valence-corrected chi connectivity index (χ1v) is 14.5. The van der Waals surface area contributed by atoms with Crippen LogP contribution in [0.2, 0.25) is 0 Å². The fraction of sp³-hybridized carbons (Fsp3) is 0.286. The summed E-state index contributed by atoms with van der Waals surface area (Å²) in [7, 11) is 0. The number of phenols is 1. The van der Waals surface area contributed by atoms with Gasteiger partial charge in [-0.25, -0.2) is 4.79 Å². The molecule has 0 fully saturated rings. The zero-order valence-electron chi connectivity index (χ0n) is 25.4. The van der Waals surface area contributed by atoms with Crippen molar-refractivity contribution >= 4 is 34.4 Å². The summed E-state index contributed by atoms with van der Waals surface area (Å²) in [5, 5.41) is 27.9. The number of phenolic OH excluding ortho intramolecular Hbond substituents is 1. The standard InChI is InChI=1S/C35H39N3O6/c1-23-20-27(15-17-30(23)40)31(32(41)36-28-16-14-25-12-8-9-13-26(25)22-28)38(18-19-39)33(42)29(21-24-10-6-5-7-11-24)37-34(43)44-35(2,3)4/h5-17,20,22,29,31,39-40H,18-19,21H2,1-4H3,(H,36,41)(H,37,43). The summed E-state index contributed by atoms with van der Waals surface area (Å²) in [5.74, 6) is -1.07. The summed E-state index contributed by atoms with van der Waals surface area (Å²) in [5.41, 5.74) is 1.44. The molecule has 4 N–H and O–H groups in total. The number of aliphatic hydroxyl groups excluding tert-OH is 1. The molecule has 4 aromatic rings. The maximum Gasteiger partial charge on any atom is 0.408 e. The van der Waals surface area contributed by atoms with Gasteiger partial charge in [0.15, 0.2) is 0 Å². The lowest BCUT2D eigenvalue weighted by molar-refractivity contribution is -0.141. The number of carbonyl (C=O) groups is 3. The molecule has 0 radical (unpaired) electrons. The number of alkyl carbamates (subject to hydrolysis) is 1. The van der Waals surface area contributed by atoms with Gasteiger partial charge in [0, 0.05) is 18.7 Å². The van der Waals surface area contributed by atoms with Crippen molar-refractivity contribution in [3.63, 3.8) is 0 Å². The number of fused-ring (bicyclic) bond motifs is 1. The van der Waals surface area contributed by atoms with Crippen molar-refractivity contribution in [2.24, 2.45) is 0 Å².